The number of hydrogen-bond donors (Lipinski definition) is 1. The second-order valence-electron chi connectivity index (χ2n) is 4.44. The Morgan fingerprint density at radius 3 is 2.31 bits per heavy atom. The number of hydrogen-bond acceptors (Lipinski definition) is 1. The third-order valence-corrected chi connectivity index (χ3v) is 3.05. The summed E-state index contributed by atoms with van der Waals surface area (Å²) in [4.78, 5) is 11.3. The minimum Gasteiger partial charge on any atom is -0.350 e. The molecule has 0 unspecified atom stereocenters. The molecule has 2 nitrogen and oxygen atoms in total. The van der Waals surface area contributed by atoms with E-state index in [1.807, 2.05) is 13.8 Å². The smallest absolute Gasteiger partial charge is 0.220 e. The van der Waals surface area contributed by atoms with Gasteiger partial charge in [0.1, 0.15) is 0 Å². The predicted octanol–water partition coefficient (Wildman–Crippen LogP) is 3.20. The molecule has 0 aliphatic carbocycles. The molecule has 1 amide bonds. The summed E-state index contributed by atoms with van der Waals surface area (Å²) in [5.41, 5.74) is 5.03. The van der Waals surface area contributed by atoms with Crippen molar-refractivity contribution in [2.75, 3.05) is 0 Å². The third-order valence-electron chi connectivity index (χ3n) is 3.05. The van der Waals surface area contributed by atoms with Crippen LogP contribution in [0.5, 0.6) is 0 Å². The second kappa shape index (κ2) is 5.15. The van der Waals surface area contributed by atoms with Gasteiger partial charge in [-0.3, -0.25) is 4.79 Å². The number of benzene rings is 1. The highest BCUT2D eigenvalue weighted by molar-refractivity contribution is 5.76. The van der Waals surface area contributed by atoms with Crippen LogP contribution in [-0.2, 0) is 4.79 Å². The highest BCUT2D eigenvalue weighted by Crippen LogP contribution is 2.21. The highest BCUT2D eigenvalue weighted by Gasteiger charge is 2.11. The van der Waals surface area contributed by atoms with Gasteiger partial charge >= 0.3 is 0 Å². The predicted molar refractivity (Wildman–Crippen MR) is 67.5 cm³/mol. The van der Waals surface area contributed by atoms with Gasteiger partial charge in [0.25, 0.3) is 0 Å². The summed E-state index contributed by atoms with van der Waals surface area (Å²) in [6, 6.07) is 4.44. The Bertz CT molecular complexity index is 396. The van der Waals surface area contributed by atoms with Crippen molar-refractivity contribution >= 4 is 5.91 Å². The molecule has 0 aromatic heterocycles. The molecule has 0 fully saturated rings. The molecule has 0 aliphatic rings. The number of carbonyl (C=O) groups is 1. The van der Waals surface area contributed by atoms with E-state index in [2.05, 4.69) is 38.2 Å². The average Bonchev–Trinajstić information content (AvgIpc) is 2.23. The lowest BCUT2D eigenvalue weighted by molar-refractivity contribution is -0.121. The quantitative estimate of drug-likeness (QED) is 0.831. The molecule has 88 valence electrons. The zero-order valence-electron chi connectivity index (χ0n) is 10.8. The summed E-state index contributed by atoms with van der Waals surface area (Å²) in [7, 11) is 0. The average molecular weight is 219 g/mol. The van der Waals surface area contributed by atoms with Gasteiger partial charge in [-0.1, -0.05) is 19.1 Å². The van der Waals surface area contributed by atoms with Gasteiger partial charge in [0, 0.05) is 6.42 Å². The Labute approximate surface area is 98.1 Å². The molecule has 2 heteroatoms. The minimum absolute atomic E-state index is 0.0896. The maximum atomic E-state index is 11.3. The summed E-state index contributed by atoms with van der Waals surface area (Å²) < 4.78 is 0. The van der Waals surface area contributed by atoms with E-state index < -0.39 is 0 Å². The monoisotopic (exact) mass is 219 g/mol. The van der Waals surface area contributed by atoms with Crippen molar-refractivity contribution in [3.8, 4) is 0 Å². The van der Waals surface area contributed by atoms with Gasteiger partial charge in [-0.05, 0) is 49.9 Å². The maximum Gasteiger partial charge on any atom is 0.220 e. The Hall–Kier alpha value is -1.31. The Balaban J connectivity index is 2.95. The zero-order chi connectivity index (χ0) is 12.3. The molecular weight excluding hydrogens is 198 g/mol. The van der Waals surface area contributed by atoms with Gasteiger partial charge in [-0.2, -0.15) is 0 Å². The summed E-state index contributed by atoms with van der Waals surface area (Å²) in [6.07, 6.45) is 0.536. The molecule has 1 aromatic rings. The van der Waals surface area contributed by atoms with Crippen LogP contribution < -0.4 is 5.32 Å². The second-order valence-corrected chi connectivity index (χ2v) is 4.44. The van der Waals surface area contributed by atoms with E-state index in [1.165, 1.54) is 22.3 Å². The van der Waals surface area contributed by atoms with Crippen LogP contribution in [0.15, 0.2) is 12.1 Å². The van der Waals surface area contributed by atoms with Crippen molar-refractivity contribution in [2.24, 2.45) is 0 Å². The number of amides is 1. The van der Waals surface area contributed by atoms with Gasteiger partial charge in [0.2, 0.25) is 5.91 Å². The Morgan fingerprint density at radius 2 is 1.75 bits per heavy atom. The van der Waals surface area contributed by atoms with Gasteiger partial charge < -0.3 is 5.32 Å². The highest BCUT2D eigenvalue weighted by atomic mass is 16.1. The van der Waals surface area contributed by atoms with Crippen LogP contribution in [0.25, 0.3) is 0 Å². The van der Waals surface area contributed by atoms with Crippen molar-refractivity contribution in [1.29, 1.82) is 0 Å². The van der Waals surface area contributed by atoms with Gasteiger partial charge in [0.05, 0.1) is 6.04 Å². The summed E-state index contributed by atoms with van der Waals surface area (Å²) in [5, 5.41) is 2.99. The van der Waals surface area contributed by atoms with Crippen LogP contribution in [-0.4, -0.2) is 5.91 Å². The van der Waals surface area contributed by atoms with Crippen LogP contribution in [0.4, 0.5) is 0 Å². The van der Waals surface area contributed by atoms with E-state index in [1.54, 1.807) is 0 Å². The van der Waals surface area contributed by atoms with Crippen molar-refractivity contribution in [1.82, 2.24) is 5.32 Å². The molecule has 0 aliphatic heterocycles. The SMILES string of the molecule is CCC(=O)N[C@H](C)c1cc(C)c(C)cc1C. The largest absolute Gasteiger partial charge is 0.350 e. The molecule has 0 bridgehead atoms. The molecule has 16 heavy (non-hydrogen) atoms. The first-order valence-corrected chi connectivity index (χ1v) is 5.82. The fraction of sp³-hybridized carbons (Fsp3) is 0.500. The normalized spacial score (nSPS) is 12.3. The summed E-state index contributed by atoms with van der Waals surface area (Å²) in [5.74, 6) is 0.102. The first-order valence-electron chi connectivity index (χ1n) is 5.82. The lowest BCUT2D eigenvalue weighted by atomic mass is 9.96. The van der Waals surface area contributed by atoms with Gasteiger partial charge in [-0.15, -0.1) is 0 Å². The summed E-state index contributed by atoms with van der Waals surface area (Å²) in [6.45, 7) is 10.2. The van der Waals surface area contributed by atoms with E-state index in [-0.39, 0.29) is 11.9 Å². The van der Waals surface area contributed by atoms with Crippen LogP contribution in [0.1, 0.15) is 48.6 Å². The van der Waals surface area contributed by atoms with Crippen molar-refractivity contribution in [3.63, 3.8) is 0 Å². The lowest BCUT2D eigenvalue weighted by Crippen LogP contribution is -2.26. The van der Waals surface area contributed by atoms with Crippen LogP contribution >= 0.6 is 0 Å². The molecule has 1 aromatic carbocycles. The Morgan fingerprint density at radius 1 is 1.19 bits per heavy atom. The third kappa shape index (κ3) is 2.84. The molecule has 1 N–H and O–H groups in total. The van der Waals surface area contributed by atoms with Crippen molar-refractivity contribution < 1.29 is 4.79 Å². The molecule has 0 radical (unpaired) electrons. The molecular formula is C14H21NO. The van der Waals surface area contributed by atoms with Crippen LogP contribution in [0.2, 0.25) is 0 Å². The first kappa shape index (κ1) is 12.8. The number of nitrogens with one attached hydrogen (secondary N) is 1. The lowest BCUT2D eigenvalue weighted by Gasteiger charge is -2.18. The van der Waals surface area contributed by atoms with E-state index >= 15 is 0 Å². The van der Waals surface area contributed by atoms with E-state index in [0.29, 0.717) is 6.42 Å². The number of rotatable bonds is 3. The molecule has 0 spiro atoms. The number of carbonyl (C=O) groups excluding carboxylic acids is 1. The first-order chi connectivity index (χ1) is 7.45. The standard InChI is InChI=1S/C14H21NO/c1-6-14(16)15-12(5)13-8-10(3)9(2)7-11(13)4/h7-8,12H,6H2,1-5H3,(H,15,16)/t12-/m1/s1. The minimum atomic E-state index is 0.0896. The van der Waals surface area contributed by atoms with Crippen molar-refractivity contribution in [2.45, 2.75) is 47.1 Å². The fourth-order valence-electron chi connectivity index (χ4n) is 1.87. The fourth-order valence-corrected chi connectivity index (χ4v) is 1.87. The van der Waals surface area contributed by atoms with Crippen LogP contribution in [0, 0.1) is 20.8 Å². The molecule has 0 saturated heterocycles. The topological polar surface area (TPSA) is 29.1 Å². The van der Waals surface area contributed by atoms with Crippen LogP contribution in [0.3, 0.4) is 0 Å². The molecule has 0 heterocycles. The van der Waals surface area contributed by atoms with E-state index in [0.717, 1.165) is 0 Å². The molecule has 1 rings (SSSR count). The maximum absolute atomic E-state index is 11.3. The summed E-state index contributed by atoms with van der Waals surface area (Å²) >= 11 is 0. The van der Waals surface area contributed by atoms with Crippen molar-refractivity contribution in [3.05, 3.63) is 34.4 Å². The molecule has 1 atom stereocenters. The zero-order valence-corrected chi connectivity index (χ0v) is 10.8. The van der Waals surface area contributed by atoms with Gasteiger partial charge in [-0.25, -0.2) is 0 Å². The number of aryl methyl sites for hydroxylation is 3. The van der Waals surface area contributed by atoms with Gasteiger partial charge in [0.15, 0.2) is 0 Å². The van der Waals surface area contributed by atoms with E-state index in [4.69, 9.17) is 0 Å². The Kier molecular flexibility index (Phi) is 4.11. The van der Waals surface area contributed by atoms with E-state index in [9.17, 15) is 4.79 Å². The molecule has 0 saturated carbocycles.